The van der Waals surface area contributed by atoms with E-state index in [0.29, 0.717) is 6.04 Å². The van der Waals surface area contributed by atoms with Crippen molar-refractivity contribution in [1.82, 2.24) is 19.6 Å². The minimum atomic E-state index is 0.689. The van der Waals surface area contributed by atoms with Crippen LogP contribution in [-0.4, -0.2) is 71.5 Å². The number of nitrogens with zero attached hydrogens (tertiary/aromatic N) is 4. The van der Waals surface area contributed by atoms with Crippen molar-refractivity contribution in [2.75, 3.05) is 45.8 Å². The molecule has 4 nitrogen and oxygen atoms in total. The summed E-state index contributed by atoms with van der Waals surface area (Å²) < 4.78 is 0. The Morgan fingerprint density at radius 3 is 2.24 bits per heavy atom. The molecule has 0 aromatic carbocycles. The maximum atomic E-state index is 2.66. The second-order valence-corrected chi connectivity index (χ2v) is 5.82. The second-order valence-electron chi connectivity index (χ2n) is 5.82. The van der Waals surface area contributed by atoms with E-state index in [1.807, 2.05) is 0 Å². The van der Waals surface area contributed by atoms with Gasteiger partial charge in [0, 0.05) is 51.9 Å². The van der Waals surface area contributed by atoms with Gasteiger partial charge in [0.15, 0.2) is 0 Å². The molecule has 0 spiro atoms. The van der Waals surface area contributed by atoms with Crippen molar-refractivity contribution in [3.63, 3.8) is 0 Å². The molecule has 4 aliphatic rings. The summed E-state index contributed by atoms with van der Waals surface area (Å²) in [5.74, 6) is 3.11. The summed E-state index contributed by atoms with van der Waals surface area (Å²) in [6.07, 6.45) is 2.67. The Bertz CT molecular complexity index is 364. The van der Waals surface area contributed by atoms with Gasteiger partial charge in [0.2, 0.25) is 0 Å². The predicted octanol–water partition coefficient (Wildman–Crippen LogP) is 0.544. The number of hydrogen-bond donors (Lipinski definition) is 0. The lowest BCUT2D eigenvalue weighted by molar-refractivity contribution is 0.00106. The minimum absolute atomic E-state index is 0.689. The van der Waals surface area contributed by atoms with Gasteiger partial charge in [-0.2, -0.15) is 0 Å². The van der Waals surface area contributed by atoms with Crippen molar-refractivity contribution in [3.8, 4) is 0 Å². The van der Waals surface area contributed by atoms with Crippen LogP contribution >= 0.6 is 0 Å². The van der Waals surface area contributed by atoms with E-state index in [-0.39, 0.29) is 0 Å². The van der Waals surface area contributed by atoms with Gasteiger partial charge in [-0.05, 0) is 19.8 Å². The van der Waals surface area contributed by atoms with Gasteiger partial charge in [-0.15, -0.1) is 0 Å². The smallest absolute Gasteiger partial charge is 0.146 e. The van der Waals surface area contributed by atoms with Crippen molar-refractivity contribution in [2.45, 2.75) is 25.8 Å². The molecular weight excluding hydrogens is 212 g/mol. The fourth-order valence-electron chi connectivity index (χ4n) is 3.94. The van der Waals surface area contributed by atoms with E-state index in [1.54, 1.807) is 11.6 Å². The fraction of sp³-hybridized carbons (Fsp3) is 0.846. The topological polar surface area (TPSA) is 13.0 Å². The highest BCUT2D eigenvalue weighted by Crippen LogP contribution is 2.36. The SMILES string of the molecule is CC1CN2CCCN3CCN4CCCN1C4=C32. The van der Waals surface area contributed by atoms with Gasteiger partial charge in [0.05, 0.1) is 0 Å². The highest BCUT2D eigenvalue weighted by Gasteiger charge is 2.41. The minimum Gasteiger partial charge on any atom is -0.353 e. The van der Waals surface area contributed by atoms with Gasteiger partial charge in [-0.3, -0.25) is 0 Å². The van der Waals surface area contributed by atoms with Crippen LogP contribution in [-0.2, 0) is 0 Å². The molecule has 0 bridgehead atoms. The van der Waals surface area contributed by atoms with E-state index in [1.165, 1.54) is 58.7 Å². The van der Waals surface area contributed by atoms with E-state index in [0.717, 1.165) is 0 Å². The van der Waals surface area contributed by atoms with Crippen molar-refractivity contribution in [3.05, 3.63) is 11.6 Å². The third-order valence-electron chi connectivity index (χ3n) is 4.71. The van der Waals surface area contributed by atoms with Crippen LogP contribution in [0.2, 0.25) is 0 Å². The van der Waals surface area contributed by atoms with Crippen LogP contribution in [0.4, 0.5) is 0 Å². The predicted molar refractivity (Wildman–Crippen MR) is 67.1 cm³/mol. The molecule has 0 aromatic rings. The maximum absolute atomic E-state index is 2.66. The average Bonchev–Trinajstić information content (AvgIpc) is 2.37. The van der Waals surface area contributed by atoms with Gasteiger partial charge in [-0.25, -0.2) is 0 Å². The Labute approximate surface area is 103 Å². The van der Waals surface area contributed by atoms with Gasteiger partial charge in [0.25, 0.3) is 0 Å². The molecular formula is C13H22N4. The lowest BCUT2D eigenvalue weighted by Crippen LogP contribution is -2.63. The Kier molecular flexibility index (Phi) is 2.02. The molecule has 17 heavy (non-hydrogen) atoms. The normalized spacial score (nSPS) is 31.9. The van der Waals surface area contributed by atoms with Crippen molar-refractivity contribution < 1.29 is 0 Å². The summed E-state index contributed by atoms with van der Waals surface area (Å²) >= 11 is 0. The van der Waals surface area contributed by atoms with Gasteiger partial charge >= 0.3 is 0 Å². The average molecular weight is 234 g/mol. The molecule has 4 heteroatoms. The Balaban J connectivity index is 1.83. The second kappa shape index (κ2) is 3.47. The Morgan fingerprint density at radius 1 is 0.765 bits per heavy atom. The first-order chi connectivity index (χ1) is 8.34. The lowest BCUT2D eigenvalue weighted by atomic mass is 10.1. The highest BCUT2D eigenvalue weighted by molar-refractivity contribution is 5.21. The number of hydrogen-bond acceptors (Lipinski definition) is 4. The molecule has 0 N–H and O–H groups in total. The van der Waals surface area contributed by atoms with Crippen molar-refractivity contribution in [1.29, 1.82) is 0 Å². The van der Waals surface area contributed by atoms with E-state index in [9.17, 15) is 0 Å². The molecule has 0 radical (unpaired) electrons. The van der Waals surface area contributed by atoms with E-state index in [2.05, 4.69) is 26.5 Å². The summed E-state index contributed by atoms with van der Waals surface area (Å²) in [6, 6.07) is 0.689. The first kappa shape index (κ1) is 9.92. The van der Waals surface area contributed by atoms with Crippen molar-refractivity contribution >= 4 is 0 Å². The molecule has 0 aliphatic carbocycles. The molecule has 4 aliphatic heterocycles. The van der Waals surface area contributed by atoms with Gasteiger partial charge in [0.1, 0.15) is 11.6 Å². The van der Waals surface area contributed by atoms with Gasteiger partial charge in [-0.1, -0.05) is 0 Å². The van der Waals surface area contributed by atoms with Crippen LogP contribution in [0.3, 0.4) is 0 Å². The largest absolute Gasteiger partial charge is 0.353 e. The Morgan fingerprint density at radius 2 is 1.41 bits per heavy atom. The van der Waals surface area contributed by atoms with Crippen LogP contribution < -0.4 is 0 Å². The molecule has 1 atom stereocenters. The summed E-state index contributed by atoms with van der Waals surface area (Å²) in [6.45, 7) is 11.1. The van der Waals surface area contributed by atoms with Crippen LogP contribution in [0.15, 0.2) is 11.6 Å². The van der Waals surface area contributed by atoms with E-state index >= 15 is 0 Å². The monoisotopic (exact) mass is 234 g/mol. The summed E-state index contributed by atoms with van der Waals surface area (Å²) in [5.41, 5.74) is 0. The molecule has 1 unspecified atom stereocenters. The highest BCUT2D eigenvalue weighted by atomic mass is 15.5. The first-order valence-corrected chi connectivity index (χ1v) is 7.10. The maximum Gasteiger partial charge on any atom is 0.146 e. The van der Waals surface area contributed by atoms with Crippen LogP contribution in [0, 0.1) is 0 Å². The van der Waals surface area contributed by atoms with E-state index in [4.69, 9.17) is 0 Å². The molecule has 4 heterocycles. The summed E-state index contributed by atoms with van der Waals surface area (Å²) in [4.78, 5) is 10.5. The third kappa shape index (κ3) is 1.30. The molecule has 94 valence electrons. The molecule has 0 aromatic heterocycles. The molecule has 0 saturated carbocycles. The van der Waals surface area contributed by atoms with Crippen LogP contribution in [0.1, 0.15) is 19.8 Å². The Hall–Kier alpha value is -1.06. The third-order valence-corrected chi connectivity index (χ3v) is 4.71. The lowest BCUT2D eigenvalue weighted by Gasteiger charge is -2.57. The standard InChI is InChI=1S/C13H22N4/c1-11-10-16-6-2-4-14-8-9-15-5-3-7-17(11)13(15)12(14)16/h11H,2-10H2,1H3. The van der Waals surface area contributed by atoms with Crippen LogP contribution in [0.5, 0.6) is 0 Å². The fourth-order valence-corrected chi connectivity index (χ4v) is 3.94. The zero-order valence-electron chi connectivity index (χ0n) is 10.7. The molecule has 0 amide bonds. The molecule has 4 rings (SSSR count). The van der Waals surface area contributed by atoms with Crippen molar-refractivity contribution in [2.24, 2.45) is 0 Å². The van der Waals surface area contributed by atoms with E-state index < -0.39 is 0 Å². The van der Waals surface area contributed by atoms with Crippen LogP contribution in [0.25, 0.3) is 0 Å². The zero-order valence-corrected chi connectivity index (χ0v) is 10.7. The van der Waals surface area contributed by atoms with Gasteiger partial charge < -0.3 is 19.6 Å². The zero-order chi connectivity index (χ0) is 11.4. The summed E-state index contributed by atoms with van der Waals surface area (Å²) in [7, 11) is 0. The quantitative estimate of drug-likeness (QED) is 0.606. The summed E-state index contributed by atoms with van der Waals surface area (Å²) in [5, 5.41) is 0. The molecule has 2 fully saturated rings. The molecule has 2 saturated heterocycles. The number of rotatable bonds is 0. The first-order valence-electron chi connectivity index (χ1n) is 7.10.